The number of nitrogens with two attached hydrogens (primary N) is 1. The number of nitrogens with zero attached hydrogens (tertiary/aromatic N) is 2. The number of para-hydroxylation sites is 1. The fraction of sp³-hybridized carbons (Fsp3) is 0. The van der Waals surface area contributed by atoms with Gasteiger partial charge < -0.3 is 10.2 Å². The van der Waals surface area contributed by atoms with Crippen molar-refractivity contribution in [2.75, 3.05) is 5.73 Å². The molecule has 5 heteroatoms. The zero-order valence-electron chi connectivity index (χ0n) is 8.72. The van der Waals surface area contributed by atoms with E-state index in [4.69, 9.17) is 21.8 Å². The van der Waals surface area contributed by atoms with E-state index < -0.39 is 0 Å². The third-order valence-corrected chi connectivity index (χ3v) is 2.69. The van der Waals surface area contributed by atoms with Gasteiger partial charge in [0.25, 0.3) is 0 Å². The first-order valence-corrected chi connectivity index (χ1v) is 5.39. The Balaban J connectivity index is 2.22. The van der Waals surface area contributed by atoms with Crippen molar-refractivity contribution in [2.45, 2.75) is 0 Å². The van der Waals surface area contributed by atoms with Crippen LogP contribution < -0.4 is 5.73 Å². The second kappa shape index (κ2) is 3.75. The molecule has 0 aliphatic carbocycles. The average Bonchev–Trinajstić information content (AvgIpc) is 2.74. The summed E-state index contributed by atoms with van der Waals surface area (Å²) in [5, 5.41) is 1.48. The molecule has 0 radical (unpaired) electrons. The van der Waals surface area contributed by atoms with Gasteiger partial charge >= 0.3 is 0 Å². The molecule has 2 N–H and O–H groups in total. The highest BCUT2D eigenvalue weighted by Crippen LogP contribution is 2.30. The molecule has 0 fully saturated rings. The fourth-order valence-electron chi connectivity index (χ4n) is 1.63. The molecule has 3 rings (SSSR count). The first kappa shape index (κ1) is 10.1. The topological polar surface area (TPSA) is 64.9 Å². The summed E-state index contributed by atoms with van der Waals surface area (Å²) >= 11 is 6.03. The Morgan fingerprint density at radius 1 is 1.24 bits per heavy atom. The summed E-state index contributed by atoms with van der Waals surface area (Å²) in [6.45, 7) is 0. The van der Waals surface area contributed by atoms with E-state index in [9.17, 15) is 0 Å². The van der Waals surface area contributed by atoms with Crippen molar-refractivity contribution >= 4 is 28.4 Å². The zero-order chi connectivity index (χ0) is 11.8. The van der Waals surface area contributed by atoms with Crippen LogP contribution >= 0.6 is 11.6 Å². The minimum absolute atomic E-state index is 0.404. The highest BCUT2D eigenvalue weighted by Gasteiger charge is 2.10. The number of furan rings is 1. The van der Waals surface area contributed by atoms with Crippen LogP contribution in [0.5, 0.6) is 0 Å². The minimum atomic E-state index is 0.404. The second-order valence-electron chi connectivity index (χ2n) is 3.57. The van der Waals surface area contributed by atoms with E-state index in [-0.39, 0.29) is 0 Å². The monoisotopic (exact) mass is 245 g/mol. The van der Waals surface area contributed by atoms with E-state index in [1.807, 2.05) is 18.2 Å². The van der Waals surface area contributed by atoms with Gasteiger partial charge in [0.2, 0.25) is 0 Å². The molecule has 0 saturated carbocycles. The number of fused-ring (bicyclic) bond motifs is 1. The molecule has 1 aromatic carbocycles. The predicted octanol–water partition coefficient (Wildman–Crippen LogP) is 3.13. The first-order valence-electron chi connectivity index (χ1n) is 5.01. The van der Waals surface area contributed by atoms with E-state index in [0.717, 1.165) is 5.39 Å². The van der Waals surface area contributed by atoms with Gasteiger partial charge in [0, 0.05) is 11.6 Å². The summed E-state index contributed by atoms with van der Waals surface area (Å²) < 4.78 is 5.63. The molecular formula is C12H8ClN3O. The van der Waals surface area contributed by atoms with Crippen LogP contribution in [-0.2, 0) is 0 Å². The SMILES string of the molecule is Nc1ccnc(-c2cc3cccc(Cl)c3o2)n1. The lowest BCUT2D eigenvalue weighted by Gasteiger charge is -1.95. The maximum absolute atomic E-state index is 6.03. The van der Waals surface area contributed by atoms with Gasteiger partial charge in [0.1, 0.15) is 5.82 Å². The van der Waals surface area contributed by atoms with Gasteiger partial charge in [-0.25, -0.2) is 9.97 Å². The van der Waals surface area contributed by atoms with Crippen molar-refractivity contribution in [3.8, 4) is 11.6 Å². The number of nitrogen functional groups attached to an aromatic ring is 1. The number of hydrogen-bond acceptors (Lipinski definition) is 4. The van der Waals surface area contributed by atoms with Gasteiger partial charge in [-0.05, 0) is 18.2 Å². The van der Waals surface area contributed by atoms with Crippen LogP contribution in [-0.4, -0.2) is 9.97 Å². The van der Waals surface area contributed by atoms with Crippen molar-refractivity contribution in [3.05, 3.63) is 41.6 Å². The quantitative estimate of drug-likeness (QED) is 0.715. The summed E-state index contributed by atoms with van der Waals surface area (Å²) in [6, 6.07) is 9.02. The number of anilines is 1. The number of rotatable bonds is 1. The average molecular weight is 246 g/mol. The Morgan fingerprint density at radius 2 is 2.12 bits per heavy atom. The van der Waals surface area contributed by atoms with E-state index >= 15 is 0 Å². The number of aromatic nitrogens is 2. The summed E-state index contributed by atoms with van der Waals surface area (Å²) in [5.74, 6) is 1.42. The van der Waals surface area contributed by atoms with Crippen LogP contribution in [0.4, 0.5) is 5.82 Å². The summed E-state index contributed by atoms with van der Waals surface area (Å²) in [6.07, 6.45) is 1.59. The third-order valence-electron chi connectivity index (χ3n) is 2.39. The van der Waals surface area contributed by atoms with E-state index in [1.54, 1.807) is 18.3 Å². The van der Waals surface area contributed by atoms with Crippen molar-refractivity contribution < 1.29 is 4.42 Å². The minimum Gasteiger partial charge on any atom is -0.451 e. The maximum Gasteiger partial charge on any atom is 0.197 e. The Bertz CT molecular complexity index is 693. The van der Waals surface area contributed by atoms with E-state index in [2.05, 4.69) is 9.97 Å². The fourth-order valence-corrected chi connectivity index (χ4v) is 1.85. The van der Waals surface area contributed by atoms with E-state index in [1.165, 1.54) is 0 Å². The molecule has 0 aliphatic heterocycles. The molecule has 0 amide bonds. The molecule has 17 heavy (non-hydrogen) atoms. The molecule has 0 bridgehead atoms. The highest BCUT2D eigenvalue weighted by atomic mass is 35.5. The maximum atomic E-state index is 6.03. The van der Waals surface area contributed by atoms with Crippen LogP contribution in [0.15, 0.2) is 40.9 Å². The zero-order valence-corrected chi connectivity index (χ0v) is 9.48. The molecule has 0 unspecified atom stereocenters. The molecule has 4 nitrogen and oxygen atoms in total. The molecular weight excluding hydrogens is 238 g/mol. The number of benzene rings is 1. The molecule has 0 saturated heterocycles. The third kappa shape index (κ3) is 1.72. The Kier molecular flexibility index (Phi) is 2.23. The molecule has 84 valence electrons. The Labute approximate surface area is 102 Å². The summed E-state index contributed by atoms with van der Waals surface area (Å²) in [4.78, 5) is 8.20. The highest BCUT2D eigenvalue weighted by molar-refractivity contribution is 6.34. The molecule has 2 aromatic heterocycles. The van der Waals surface area contributed by atoms with E-state index in [0.29, 0.717) is 28.0 Å². The van der Waals surface area contributed by atoms with Crippen LogP contribution in [0.1, 0.15) is 0 Å². The lowest BCUT2D eigenvalue weighted by Crippen LogP contribution is -1.93. The molecule has 0 atom stereocenters. The van der Waals surface area contributed by atoms with Crippen LogP contribution in [0.3, 0.4) is 0 Å². The first-order chi connectivity index (χ1) is 8.24. The van der Waals surface area contributed by atoms with Gasteiger partial charge in [-0.15, -0.1) is 0 Å². The molecule has 0 spiro atoms. The molecule has 2 heterocycles. The van der Waals surface area contributed by atoms with Crippen molar-refractivity contribution in [1.82, 2.24) is 9.97 Å². The van der Waals surface area contributed by atoms with Crippen molar-refractivity contribution in [2.24, 2.45) is 0 Å². The molecule has 0 aliphatic rings. The van der Waals surface area contributed by atoms with Crippen molar-refractivity contribution in [3.63, 3.8) is 0 Å². The van der Waals surface area contributed by atoms with Gasteiger partial charge in [0.05, 0.1) is 5.02 Å². The second-order valence-corrected chi connectivity index (χ2v) is 3.98. The van der Waals surface area contributed by atoms with Crippen LogP contribution in [0, 0.1) is 0 Å². The van der Waals surface area contributed by atoms with Gasteiger partial charge in [0.15, 0.2) is 17.2 Å². The van der Waals surface area contributed by atoms with Gasteiger partial charge in [-0.3, -0.25) is 0 Å². The van der Waals surface area contributed by atoms with Crippen molar-refractivity contribution in [1.29, 1.82) is 0 Å². The number of halogens is 1. The summed E-state index contributed by atoms with van der Waals surface area (Å²) in [5.41, 5.74) is 6.24. The molecule has 3 aromatic rings. The lowest BCUT2D eigenvalue weighted by atomic mass is 10.2. The van der Waals surface area contributed by atoms with Gasteiger partial charge in [-0.2, -0.15) is 0 Å². The largest absolute Gasteiger partial charge is 0.451 e. The Hall–Kier alpha value is -2.07. The van der Waals surface area contributed by atoms with Crippen LogP contribution in [0.25, 0.3) is 22.6 Å². The summed E-state index contributed by atoms with van der Waals surface area (Å²) in [7, 11) is 0. The van der Waals surface area contributed by atoms with Gasteiger partial charge in [-0.1, -0.05) is 23.7 Å². The van der Waals surface area contributed by atoms with Crippen LogP contribution in [0.2, 0.25) is 5.02 Å². The standard InChI is InChI=1S/C12H8ClN3O/c13-8-3-1-2-7-6-9(17-11(7)8)12-15-5-4-10(14)16-12/h1-6H,(H2,14,15,16). The normalized spacial score (nSPS) is 10.9. The Morgan fingerprint density at radius 3 is 2.88 bits per heavy atom. The predicted molar refractivity (Wildman–Crippen MR) is 66.7 cm³/mol. The number of hydrogen-bond donors (Lipinski definition) is 1. The smallest absolute Gasteiger partial charge is 0.197 e. The lowest BCUT2D eigenvalue weighted by molar-refractivity contribution is 0.625.